The number of hydrogen-bond donors (Lipinski definition) is 3. The molecule has 2 aromatic carbocycles. The Morgan fingerprint density at radius 3 is 2.96 bits per heavy atom. The molecule has 2 heterocycles. The van der Waals surface area contributed by atoms with Crippen molar-refractivity contribution in [2.24, 2.45) is 0 Å². The lowest BCUT2D eigenvalue weighted by Gasteiger charge is -2.11. The first-order valence-electron chi connectivity index (χ1n) is 8.47. The fourth-order valence-corrected chi connectivity index (χ4v) is 3.07. The summed E-state index contributed by atoms with van der Waals surface area (Å²) >= 11 is 0. The number of halogens is 1. The summed E-state index contributed by atoms with van der Waals surface area (Å²) in [5, 5.41) is 8.00. The van der Waals surface area contributed by atoms with E-state index in [4.69, 9.17) is 5.73 Å². The molecule has 4 aromatic rings. The summed E-state index contributed by atoms with van der Waals surface area (Å²) in [6.45, 7) is 2.19. The van der Waals surface area contributed by atoms with Crippen LogP contribution >= 0.6 is 0 Å². The van der Waals surface area contributed by atoms with Gasteiger partial charge >= 0.3 is 0 Å². The highest BCUT2D eigenvalue weighted by Gasteiger charge is 2.16. The minimum atomic E-state index is -0.538. The van der Waals surface area contributed by atoms with Crippen molar-refractivity contribution < 1.29 is 9.18 Å². The summed E-state index contributed by atoms with van der Waals surface area (Å²) in [4.78, 5) is 15.8. The zero-order chi connectivity index (χ0) is 19.0. The number of aromatic nitrogens is 3. The third kappa shape index (κ3) is 3.15. The van der Waals surface area contributed by atoms with Crippen molar-refractivity contribution >= 4 is 22.5 Å². The highest BCUT2D eigenvalue weighted by Crippen LogP contribution is 2.22. The molecular weight excluding hydrogens is 345 g/mol. The molecule has 0 aliphatic rings. The molecule has 0 unspecified atom stereocenters. The molecule has 0 radical (unpaired) electrons. The largest absolute Gasteiger partial charge is 0.398 e. The van der Waals surface area contributed by atoms with Gasteiger partial charge in [0.05, 0.1) is 11.8 Å². The van der Waals surface area contributed by atoms with Crippen LogP contribution in [0.25, 0.3) is 16.6 Å². The van der Waals surface area contributed by atoms with Crippen molar-refractivity contribution in [1.29, 1.82) is 0 Å². The Morgan fingerprint density at radius 1 is 1.33 bits per heavy atom. The van der Waals surface area contributed by atoms with E-state index in [2.05, 4.69) is 15.4 Å². The number of nitrogen functional groups attached to an aromatic ring is 1. The summed E-state index contributed by atoms with van der Waals surface area (Å²) in [5.74, 6) is -0.908. The molecule has 0 atom stereocenters. The average molecular weight is 363 g/mol. The van der Waals surface area contributed by atoms with Crippen LogP contribution in [-0.4, -0.2) is 20.7 Å². The number of rotatable bonds is 4. The van der Waals surface area contributed by atoms with Gasteiger partial charge < -0.3 is 16.0 Å². The van der Waals surface area contributed by atoms with E-state index in [0.29, 0.717) is 6.54 Å². The second kappa shape index (κ2) is 6.60. The van der Waals surface area contributed by atoms with Gasteiger partial charge in [0.25, 0.3) is 5.91 Å². The number of carbonyl (C=O) groups excluding carboxylic acids is 1. The number of nitrogens with zero attached hydrogens (tertiary/aromatic N) is 2. The standard InChI is InChI=1S/C20H18FN5O/c1-12-9-25-26(11-12)19-7-15(17(22)8-16(19)21)20(27)24-10-13-3-2-4-18-14(13)5-6-23-18/h2-9,11,23H,10,22H2,1H3,(H,24,27). The van der Waals surface area contributed by atoms with Crippen molar-refractivity contribution in [2.75, 3.05) is 5.73 Å². The maximum absolute atomic E-state index is 14.3. The average Bonchev–Trinajstić information content (AvgIpc) is 3.28. The first-order valence-corrected chi connectivity index (χ1v) is 8.47. The molecule has 0 spiro atoms. The van der Waals surface area contributed by atoms with Crippen LogP contribution in [0, 0.1) is 12.7 Å². The number of H-pyrrole nitrogens is 1. The lowest BCUT2D eigenvalue weighted by molar-refractivity contribution is 0.0952. The van der Waals surface area contributed by atoms with Gasteiger partial charge in [-0.05, 0) is 42.3 Å². The fraction of sp³-hybridized carbons (Fsp3) is 0.100. The molecular formula is C20H18FN5O. The Balaban J connectivity index is 1.61. The number of benzene rings is 2. The van der Waals surface area contributed by atoms with Gasteiger partial charge in [0.1, 0.15) is 5.69 Å². The SMILES string of the molecule is Cc1cnn(-c2cc(C(=O)NCc3cccc4[nH]ccc34)c(N)cc2F)c1. The van der Waals surface area contributed by atoms with Crippen molar-refractivity contribution in [3.05, 3.63) is 77.5 Å². The lowest BCUT2D eigenvalue weighted by atomic mass is 10.1. The Hall–Kier alpha value is -3.61. The molecule has 6 nitrogen and oxygen atoms in total. The van der Waals surface area contributed by atoms with Crippen LogP contribution in [0.3, 0.4) is 0 Å². The van der Waals surface area contributed by atoms with E-state index < -0.39 is 5.82 Å². The Labute approximate surface area is 154 Å². The van der Waals surface area contributed by atoms with Crippen LogP contribution in [0.15, 0.2) is 55.0 Å². The number of carbonyl (C=O) groups is 1. The van der Waals surface area contributed by atoms with E-state index in [9.17, 15) is 9.18 Å². The molecule has 1 amide bonds. The summed E-state index contributed by atoms with van der Waals surface area (Å²) in [5.41, 5.74) is 9.21. The number of aromatic amines is 1. The molecule has 4 N–H and O–H groups in total. The van der Waals surface area contributed by atoms with E-state index in [-0.39, 0.29) is 22.8 Å². The topological polar surface area (TPSA) is 88.7 Å². The van der Waals surface area contributed by atoms with Crippen molar-refractivity contribution in [3.8, 4) is 5.69 Å². The predicted molar refractivity (Wildman–Crippen MR) is 102 cm³/mol. The predicted octanol–water partition coefficient (Wildman–Crippen LogP) is 3.31. The van der Waals surface area contributed by atoms with E-state index in [1.165, 1.54) is 10.7 Å². The van der Waals surface area contributed by atoms with Crippen LogP contribution in [0.2, 0.25) is 0 Å². The molecule has 7 heteroatoms. The summed E-state index contributed by atoms with van der Waals surface area (Å²) in [6, 6.07) is 10.4. The third-order valence-corrected chi connectivity index (χ3v) is 4.45. The molecule has 0 fully saturated rings. The summed E-state index contributed by atoms with van der Waals surface area (Å²) in [6.07, 6.45) is 5.16. The molecule has 27 heavy (non-hydrogen) atoms. The molecule has 0 saturated carbocycles. The number of nitrogens with one attached hydrogen (secondary N) is 2. The van der Waals surface area contributed by atoms with Crippen LogP contribution in [0.5, 0.6) is 0 Å². The van der Waals surface area contributed by atoms with Gasteiger partial charge in [0.15, 0.2) is 5.82 Å². The van der Waals surface area contributed by atoms with Gasteiger partial charge in [-0.2, -0.15) is 5.10 Å². The quantitative estimate of drug-likeness (QED) is 0.486. The van der Waals surface area contributed by atoms with Crippen molar-refractivity contribution in [1.82, 2.24) is 20.1 Å². The number of nitrogens with two attached hydrogens (primary N) is 1. The van der Waals surface area contributed by atoms with Gasteiger partial charge in [-0.1, -0.05) is 12.1 Å². The number of aryl methyl sites for hydroxylation is 1. The Kier molecular flexibility index (Phi) is 4.12. The summed E-state index contributed by atoms with van der Waals surface area (Å²) in [7, 11) is 0. The zero-order valence-corrected chi connectivity index (χ0v) is 14.7. The first kappa shape index (κ1) is 16.8. The van der Waals surface area contributed by atoms with E-state index >= 15 is 0 Å². The molecule has 0 aliphatic carbocycles. The Morgan fingerprint density at radius 2 is 2.19 bits per heavy atom. The van der Waals surface area contributed by atoms with Gasteiger partial charge in [-0.3, -0.25) is 4.79 Å². The molecule has 0 bridgehead atoms. The minimum absolute atomic E-state index is 0.0810. The smallest absolute Gasteiger partial charge is 0.253 e. The molecule has 0 saturated heterocycles. The van der Waals surface area contributed by atoms with Crippen LogP contribution in [0.4, 0.5) is 10.1 Å². The van der Waals surface area contributed by atoms with Crippen LogP contribution < -0.4 is 11.1 Å². The van der Waals surface area contributed by atoms with Gasteiger partial charge in [0.2, 0.25) is 0 Å². The number of anilines is 1. The Bertz CT molecular complexity index is 1140. The van der Waals surface area contributed by atoms with Crippen LogP contribution in [0.1, 0.15) is 21.5 Å². The molecule has 4 rings (SSSR count). The maximum atomic E-state index is 14.3. The van der Waals surface area contributed by atoms with Gasteiger partial charge in [0, 0.05) is 35.5 Å². The molecule has 2 aromatic heterocycles. The number of amides is 1. The highest BCUT2D eigenvalue weighted by molar-refractivity contribution is 6.00. The second-order valence-electron chi connectivity index (χ2n) is 6.39. The molecule has 136 valence electrons. The van der Waals surface area contributed by atoms with Crippen LogP contribution in [-0.2, 0) is 6.54 Å². The highest BCUT2D eigenvalue weighted by atomic mass is 19.1. The zero-order valence-electron chi connectivity index (χ0n) is 14.7. The van der Waals surface area contributed by atoms with Crippen molar-refractivity contribution in [2.45, 2.75) is 13.5 Å². The fourth-order valence-electron chi connectivity index (χ4n) is 3.07. The van der Waals surface area contributed by atoms with Crippen molar-refractivity contribution in [3.63, 3.8) is 0 Å². The number of hydrogen-bond acceptors (Lipinski definition) is 3. The van der Waals surface area contributed by atoms with E-state index in [1.54, 1.807) is 12.4 Å². The maximum Gasteiger partial charge on any atom is 0.253 e. The third-order valence-electron chi connectivity index (χ3n) is 4.45. The first-order chi connectivity index (χ1) is 13.0. The van der Waals surface area contributed by atoms with Gasteiger partial charge in [-0.15, -0.1) is 0 Å². The number of fused-ring (bicyclic) bond motifs is 1. The second-order valence-corrected chi connectivity index (χ2v) is 6.39. The van der Waals surface area contributed by atoms with E-state index in [1.807, 2.05) is 37.4 Å². The summed E-state index contributed by atoms with van der Waals surface area (Å²) < 4.78 is 15.7. The normalized spacial score (nSPS) is 11.0. The minimum Gasteiger partial charge on any atom is -0.398 e. The van der Waals surface area contributed by atoms with Gasteiger partial charge in [-0.25, -0.2) is 9.07 Å². The lowest BCUT2D eigenvalue weighted by Crippen LogP contribution is -2.24. The van der Waals surface area contributed by atoms with E-state index in [0.717, 1.165) is 28.1 Å². The molecule has 0 aliphatic heterocycles. The monoisotopic (exact) mass is 363 g/mol.